The van der Waals surface area contributed by atoms with Crippen LogP contribution in [-0.4, -0.2) is 28.3 Å². The Balaban J connectivity index is 2.62. The molecule has 1 heterocycles. The molecule has 0 saturated heterocycles. The van der Waals surface area contributed by atoms with Gasteiger partial charge in [-0.15, -0.1) is 0 Å². The van der Waals surface area contributed by atoms with Crippen LogP contribution in [0.4, 0.5) is 13.2 Å². The van der Waals surface area contributed by atoms with E-state index in [0.29, 0.717) is 5.69 Å². The van der Waals surface area contributed by atoms with E-state index in [2.05, 4.69) is 15.0 Å². The van der Waals surface area contributed by atoms with E-state index >= 15 is 0 Å². The van der Waals surface area contributed by atoms with Gasteiger partial charge >= 0.3 is 12.1 Å². The number of carboxylic acid groups (broad SMARTS) is 1. The van der Waals surface area contributed by atoms with Crippen LogP contribution in [0.25, 0.3) is 10.4 Å². The minimum atomic E-state index is -4.41. The summed E-state index contributed by atoms with van der Waals surface area (Å²) in [6.07, 6.45) is -3.71. The second-order valence-electron chi connectivity index (χ2n) is 4.37. The van der Waals surface area contributed by atoms with E-state index in [1.807, 2.05) is 0 Å². The monoisotopic (exact) mass is 302 g/mol. The van der Waals surface area contributed by atoms with Gasteiger partial charge in [-0.25, -0.2) is 4.79 Å². The molecule has 0 amide bonds. The first-order chi connectivity index (χ1) is 9.83. The van der Waals surface area contributed by atoms with E-state index in [1.165, 1.54) is 18.3 Å². The van der Waals surface area contributed by atoms with Crippen LogP contribution in [-0.2, 0) is 6.42 Å². The predicted octanol–water partition coefficient (Wildman–Crippen LogP) is 3.73. The molecule has 0 spiro atoms. The third kappa shape index (κ3) is 6.13. The van der Waals surface area contributed by atoms with Crippen molar-refractivity contribution in [1.82, 2.24) is 4.98 Å². The fraction of sp³-hybridized carbons (Fsp3) is 0.500. The molecule has 114 valence electrons. The van der Waals surface area contributed by atoms with Gasteiger partial charge in [0.15, 0.2) is 0 Å². The Morgan fingerprint density at radius 1 is 1.52 bits per heavy atom. The molecule has 1 aromatic rings. The molecule has 1 aromatic heterocycles. The third-order valence-electron chi connectivity index (χ3n) is 2.75. The Kier molecular flexibility index (Phi) is 5.98. The van der Waals surface area contributed by atoms with Crippen molar-refractivity contribution in [3.63, 3.8) is 0 Å². The minimum Gasteiger partial charge on any atom is -0.478 e. The molecule has 0 saturated carbocycles. The second kappa shape index (κ2) is 7.49. The van der Waals surface area contributed by atoms with Gasteiger partial charge in [-0.1, -0.05) is 5.11 Å². The Morgan fingerprint density at radius 2 is 2.24 bits per heavy atom. The first-order valence-electron chi connectivity index (χ1n) is 6.11. The number of aromatic carboxylic acids is 1. The largest absolute Gasteiger partial charge is 0.478 e. The molecule has 1 rings (SSSR count). The summed E-state index contributed by atoms with van der Waals surface area (Å²) in [4.78, 5) is 17.3. The summed E-state index contributed by atoms with van der Waals surface area (Å²) >= 11 is 0. The Hall–Kier alpha value is -2.28. The lowest BCUT2D eigenvalue weighted by molar-refractivity contribution is -0.138. The van der Waals surface area contributed by atoms with Crippen molar-refractivity contribution in [1.29, 1.82) is 0 Å². The summed E-state index contributed by atoms with van der Waals surface area (Å²) in [7, 11) is 0. The summed E-state index contributed by atoms with van der Waals surface area (Å²) in [6, 6.07) is 1.66. The molecule has 0 aliphatic rings. The van der Waals surface area contributed by atoms with Crippen LogP contribution in [0, 0.1) is 0 Å². The van der Waals surface area contributed by atoms with E-state index < -0.39 is 24.6 Å². The van der Waals surface area contributed by atoms with Crippen molar-refractivity contribution in [2.45, 2.75) is 37.9 Å². The molecule has 0 aliphatic heterocycles. The van der Waals surface area contributed by atoms with Crippen LogP contribution in [0.2, 0.25) is 0 Å². The van der Waals surface area contributed by atoms with Crippen molar-refractivity contribution in [2.24, 2.45) is 5.11 Å². The number of alkyl halides is 3. The zero-order valence-electron chi connectivity index (χ0n) is 10.9. The number of carbonyl (C=O) groups is 1. The Morgan fingerprint density at radius 3 is 2.81 bits per heavy atom. The molecule has 1 unspecified atom stereocenters. The molecule has 0 bridgehead atoms. The lowest BCUT2D eigenvalue weighted by Crippen LogP contribution is -2.18. The molecule has 0 fully saturated rings. The Labute approximate surface area is 118 Å². The second-order valence-corrected chi connectivity index (χ2v) is 4.37. The Bertz CT molecular complexity index is 542. The van der Waals surface area contributed by atoms with Crippen molar-refractivity contribution >= 4 is 5.97 Å². The average molecular weight is 302 g/mol. The van der Waals surface area contributed by atoms with Gasteiger partial charge in [-0.3, -0.25) is 4.98 Å². The van der Waals surface area contributed by atoms with Crippen molar-refractivity contribution < 1.29 is 23.1 Å². The zero-order chi connectivity index (χ0) is 15.9. The van der Waals surface area contributed by atoms with E-state index in [4.69, 9.17) is 10.6 Å². The number of rotatable bonds is 7. The van der Waals surface area contributed by atoms with E-state index in [-0.39, 0.29) is 24.8 Å². The summed E-state index contributed by atoms with van der Waals surface area (Å²) in [5.41, 5.74) is 8.59. The molecular formula is C12H13F3N4O2. The zero-order valence-corrected chi connectivity index (χ0v) is 10.9. The van der Waals surface area contributed by atoms with Crippen LogP contribution >= 0.6 is 0 Å². The van der Waals surface area contributed by atoms with Crippen LogP contribution < -0.4 is 0 Å². The van der Waals surface area contributed by atoms with E-state index in [0.717, 1.165) is 0 Å². The highest BCUT2D eigenvalue weighted by Crippen LogP contribution is 2.25. The van der Waals surface area contributed by atoms with Gasteiger partial charge in [0.1, 0.15) is 0 Å². The summed E-state index contributed by atoms with van der Waals surface area (Å²) in [5.74, 6) is -1.14. The summed E-state index contributed by atoms with van der Waals surface area (Å²) in [6.45, 7) is 0. The molecule has 0 aliphatic carbocycles. The number of carboxylic acids is 1. The van der Waals surface area contributed by atoms with Gasteiger partial charge in [0.25, 0.3) is 0 Å². The van der Waals surface area contributed by atoms with Crippen LogP contribution in [0.1, 0.15) is 35.3 Å². The van der Waals surface area contributed by atoms with Gasteiger partial charge < -0.3 is 5.11 Å². The maximum atomic E-state index is 12.3. The number of hydrogen-bond acceptors (Lipinski definition) is 3. The number of aromatic nitrogens is 1. The summed E-state index contributed by atoms with van der Waals surface area (Å²) < 4.78 is 36.8. The third-order valence-corrected chi connectivity index (χ3v) is 2.75. The average Bonchev–Trinajstić information content (AvgIpc) is 2.37. The number of aryl methyl sites for hydroxylation is 1. The smallest absolute Gasteiger partial charge is 0.389 e. The van der Waals surface area contributed by atoms with Gasteiger partial charge in [0.05, 0.1) is 17.7 Å². The molecule has 9 heteroatoms. The number of nitrogens with zero attached hydrogens (tertiary/aromatic N) is 4. The highest BCUT2D eigenvalue weighted by Gasteiger charge is 2.31. The van der Waals surface area contributed by atoms with Crippen LogP contribution in [0.3, 0.4) is 0 Å². The standard InChI is InChI=1S/C12H13F3N4O2/c13-12(14,15)7-8(18-19-16)3-1-5-10-9(11(20)21)4-2-6-17-10/h2,4,6,8H,1,3,5,7H2,(H,20,21). The molecule has 0 aromatic carbocycles. The highest BCUT2D eigenvalue weighted by molar-refractivity contribution is 5.88. The number of hydrogen-bond donors (Lipinski definition) is 1. The fourth-order valence-corrected chi connectivity index (χ4v) is 1.88. The SMILES string of the molecule is [N-]=[N+]=NC(CCCc1ncccc1C(=O)O)CC(F)(F)F. The van der Waals surface area contributed by atoms with E-state index in [1.54, 1.807) is 0 Å². The molecule has 21 heavy (non-hydrogen) atoms. The topological polar surface area (TPSA) is 99.0 Å². The van der Waals surface area contributed by atoms with Crippen LogP contribution in [0.15, 0.2) is 23.4 Å². The van der Waals surface area contributed by atoms with Gasteiger partial charge in [0, 0.05) is 17.2 Å². The van der Waals surface area contributed by atoms with Crippen molar-refractivity contribution in [3.05, 3.63) is 40.0 Å². The van der Waals surface area contributed by atoms with Crippen molar-refractivity contribution in [2.75, 3.05) is 0 Å². The number of halogens is 3. The molecular weight excluding hydrogens is 289 g/mol. The van der Waals surface area contributed by atoms with Crippen molar-refractivity contribution in [3.8, 4) is 0 Å². The fourth-order valence-electron chi connectivity index (χ4n) is 1.88. The maximum absolute atomic E-state index is 12.3. The number of pyridine rings is 1. The lowest BCUT2D eigenvalue weighted by atomic mass is 10.0. The predicted molar refractivity (Wildman–Crippen MR) is 67.7 cm³/mol. The molecule has 1 N–H and O–H groups in total. The van der Waals surface area contributed by atoms with Gasteiger partial charge in [-0.05, 0) is 36.9 Å². The lowest BCUT2D eigenvalue weighted by Gasteiger charge is -2.13. The minimum absolute atomic E-state index is 0.0131. The molecule has 6 nitrogen and oxygen atoms in total. The first kappa shape index (κ1) is 16.8. The maximum Gasteiger partial charge on any atom is 0.389 e. The molecule has 0 radical (unpaired) electrons. The van der Waals surface area contributed by atoms with E-state index in [9.17, 15) is 18.0 Å². The normalized spacial score (nSPS) is 12.5. The highest BCUT2D eigenvalue weighted by atomic mass is 19.4. The van der Waals surface area contributed by atoms with Gasteiger partial charge in [0.2, 0.25) is 0 Å². The van der Waals surface area contributed by atoms with Gasteiger partial charge in [-0.2, -0.15) is 13.2 Å². The first-order valence-corrected chi connectivity index (χ1v) is 6.11. The summed E-state index contributed by atoms with van der Waals surface area (Å²) in [5, 5.41) is 12.1. The molecule has 1 atom stereocenters. The number of azide groups is 1. The quantitative estimate of drug-likeness (QED) is 0.472. The van der Waals surface area contributed by atoms with Crippen LogP contribution in [0.5, 0.6) is 0 Å².